The number of benzene rings is 1. The highest BCUT2D eigenvalue weighted by atomic mass is 35.5. The highest BCUT2D eigenvalue weighted by Gasteiger charge is 2.77. The standard InChI is InChI=1S/C22H27ClN2O3/c1-3-11-12-8-15-19-22(13-6-4-5-7-14(13)24(19)2)9-16(25(15)21(11)27)18(12)20(22)28-17(26)10-23/h4-7,11-12,15-16,18-21,27H,3,8-10H2,1-2H3/t11-,12-,15-,16-,18?,19-,20+,21+,22+/m0/s1. The van der Waals surface area contributed by atoms with Gasteiger partial charge < -0.3 is 14.7 Å². The van der Waals surface area contributed by atoms with Crippen molar-refractivity contribution in [2.24, 2.45) is 17.8 Å². The van der Waals surface area contributed by atoms with Crippen LogP contribution in [0.5, 0.6) is 0 Å². The average molecular weight is 403 g/mol. The Morgan fingerprint density at radius 1 is 1.36 bits per heavy atom. The highest BCUT2D eigenvalue weighted by Crippen LogP contribution is 2.69. The Bertz CT molecular complexity index is 849. The summed E-state index contributed by atoms with van der Waals surface area (Å²) in [6.45, 7) is 2.17. The Morgan fingerprint density at radius 3 is 2.89 bits per heavy atom. The second-order valence-electron chi connectivity index (χ2n) is 9.41. The maximum Gasteiger partial charge on any atom is 0.321 e. The predicted molar refractivity (Wildman–Crippen MR) is 106 cm³/mol. The van der Waals surface area contributed by atoms with Gasteiger partial charge in [-0.3, -0.25) is 9.69 Å². The Labute approximate surface area is 170 Å². The van der Waals surface area contributed by atoms with Gasteiger partial charge in [-0.15, -0.1) is 11.6 Å². The van der Waals surface area contributed by atoms with Crippen molar-refractivity contribution in [2.45, 2.75) is 62.1 Å². The zero-order valence-corrected chi connectivity index (χ0v) is 17.0. The van der Waals surface area contributed by atoms with Gasteiger partial charge in [0.05, 0.1) is 11.5 Å². The van der Waals surface area contributed by atoms with E-state index in [9.17, 15) is 9.90 Å². The minimum atomic E-state index is -0.382. The topological polar surface area (TPSA) is 53.0 Å². The smallest absolute Gasteiger partial charge is 0.321 e. The zero-order valence-electron chi connectivity index (χ0n) is 16.3. The molecule has 6 heteroatoms. The van der Waals surface area contributed by atoms with E-state index in [1.165, 1.54) is 11.3 Å². The number of hydrogen-bond acceptors (Lipinski definition) is 5. The van der Waals surface area contributed by atoms with Gasteiger partial charge in [0, 0.05) is 36.7 Å². The maximum absolute atomic E-state index is 12.4. The molecule has 2 unspecified atom stereocenters. The molecule has 1 aromatic rings. The number of aliphatic hydroxyl groups excluding tert-OH is 1. The van der Waals surface area contributed by atoms with Crippen LogP contribution in [0.1, 0.15) is 31.7 Å². The number of ether oxygens (including phenoxy) is 1. The lowest BCUT2D eigenvalue weighted by atomic mass is 9.62. The van der Waals surface area contributed by atoms with Crippen molar-refractivity contribution in [3.05, 3.63) is 29.8 Å². The van der Waals surface area contributed by atoms with Crippen molar-refractivity contribution in [1.82, 2.24) is 4.90 Å². The van der Waals surface area contributed by atoms with Crippen LogP contribution in [0.2, 0.25) is 0 Å². The number of esters is 1. The number of rotatable bonds is 3. The number of aliphatic hydroxyl groups is 1. The van der Waals surface area contributed by atoms with Crippen LogP contribution in [-0.4, -0.2) is 59.4 Å². The van der Waals surface area contributed by atoms with Gasteiger partial charge in [0.1, 0.15) is 18.2 Å². The number of hydrogen-bond donors (Lipinski definition) is 1. The number of piperidine rings is 4. The molecule has 1 aromatic carbocycles. The number of para-hydroxylation sites is 1. The fraction of sp³-hybridized carbons (Fsp3) is 0.682. The third-order valence-electron chi connectivity index (χ3n) is 8.79. The van der Waals surface area contributed by atoms with E-state index >= 15 is 0 Å². The van der Waals surface area contributed by atoms with Gasteiger partial charge in [0.2, 0.25) is 0 Å². The average Bonchev–Trinajstić information content (AvgIpc) is 3.10. The molecule has 0 radical (unpaired) electrons. The first-order valence-electron chi connectivity index (χ1n) is 10.6. The number of halogens is 1. The molecule has 1 N–H and O–H groups in total. The summed E-state index contributed by atoms with van der Waals surface area (Å²) in [5, 5.41) is 11.2. The summed E-state index contributed by atoms with van der Waals surface area (Å²) in [6.07, 6.45) is 2.44. The number of fused-ring (bicyclic) bond motifs is 2. The highest BCUT2D eigenvalue weighted by molar-refractivity contribution is 6.26. The normalized spacial score (nSPS) is 49.3. The van der Waals surface area contributed by atoms with Gasteiger partial charge in [-0.05, 0) is 36.8 Å². The van der Waals surface area contributed by atoms with Gasteiger partial charge in [-0.2, -0.15) is 0 Å². The van der Waals surface area contributed by atoms with Crippen LogP contribution >= 0.6 is 11.6 Å². The van der Waals surface area contributed by atoms with Crippen molar-refractivity contribution in [3.8, 4) is 0 Å². The van der Waals surface area contributed by atoms with Crippen LogP contribution in [0.15, 0.2) is 24.3 Å². The summed E-state index contributed by atoms with van der Waals surface area (Å²) in [5.41, 5.74) is 2.36. The van der Waals surface area contributed by atoms with E-state index in [2.05, 4.69) is 48.0 Å². The van der Waals surface area contributed by atoms with Crippen molar-refractivity contribution in [3.63, 3.8) is 0 Å². The van der Waals surface area contributed by atoms with Crippen molar-refractivity contribution in [1.29, 1.82) is 0 Å². The second-order valence-corrected chi connectivity index (χ2v) is 9.67. The molecule has 6 aliphatic rings. The molecule has 1 spiro atoms. The van der Waals surface area contributed by atoms with Crippen molar-refractivity contribution in [2.75, 3.05) is 17.8 Å². The summed E-state index contributed by atoms with van der Waals surface area (Å²) in [7, 11) is 2.17. The van der Waals surface area contributed by atoms with E-state index < -0.39 is 0 Å². The predicted octanol–water partition coefficient (Wildman–Crippen LogP) is 2.34. The molecule has 5 nitrogen and oxygen atoms in total. The molecule has 7 rings (SSSR count). The number of carbonyl (C=O) groups is 1. The molecule has 5 fully saturated rings. The van der Waals surface area contributed by atoms with E-state index in [4.69, 9.17) is 16.3 Å². The van der Waals surface area contributed by atoms with Crippen LogP contribution in [-0.2, 0) is 14.9 Å². The molecule has 5 bridgehead atoms. The molecule has 0 aromatic heterocycles. The summed E-state index contributed by atoms with van der Waals surface area (Å²) in [5.74, 6) is 0.510. The number of anilines is 1. The van der Waals surface area contributed by atoms with E-state index in [0.29, 0.717) is 12.0 Å². The first kappa shape index (κ1) is 17.5. The van der Waals surface area contributed by atoms with Crippen LogP contribution < -0.4 is 4.90 Å². The quantitative estimate of drug-likeness (QED) is 0.621. The summed E-state index contributed by atoms with van der Waals surface area (Å²) < 4.78 is 6.19. The van der Waals surface area contributed by atoms with Crippen LogP contribution in [0.4, 0.5) is 5.69 Å². The Morgan fingerprint density at radius 2 is 2.14 bits per heavy atom. The van der Waals surface area contributed by atoms with Crippen LogP contribution in [0.25, 0.3) is 0 Å². The lowest BCUT2D eigenvalue weighted by molar-refractivity contribution is -0.212. The fourth-order valence-corrected chi connectivity index (χ4v) is 8.26. The lowest BCUT2D eigenvalue weighted by Gasteiger charge is -2.62. The zero-order chi connectivity index (χ0) is 19.4. The minimum absolute atomic E-state index is 0.107. The summed E-state index contributed by atoms with van der Waals surface area (Å²) >= 11 is 5.87. The molecule has 150 valence electrons. The monoisotopic (exact) mass is 402 g/mol. The number of nitrogens with zero attached hydrogens (tertiary/aromatic N) is 2. The van der Waals surface area contributed by atoms with Crippen LogP contribution in [0, 0.1) is 17.8 Å². The fourth-order valence-electron chi connectivity index (χ4n) is 8.20. The molecule has 1 aliphatic carbocycles. The summed E-state index contributed by atoms with van der Waals surface area (Å²) in [6, 6.07) is 9.40. The van der Waals surface area contributed by atoms with Crippen LogP contribution in [0.3, 0.4) is 0 Å². The molecule has 5 aliphatic heterocycles. The van der Waals surface area contributed by atoms with Gasteiger partial charge in [-0.25, -0.2) is 0 Å². The molecule has 1 saturated carbocycles. The SMILES string of the molecule is CC[C@H]1[C@@H]2C[C@H]3[C@@H]4N(C)c5ccccc5[C@]45C[C@@H](C2[C@H]5OC(=O)CCl)N3[C@@H]1O. The molecule has 4 saturated heterocycles. The van der Waals surface area contributed by atoms with Gasteiger partial charge in [-0.1, -0.05) is 25.1 Å². The van der Waals surface area contributed by atoms with Crippen molar-refractivity contribution >= 4 is 23.3 Å². The molecule has 10 atom stereocenters. The lowest BCUT2D eigenvalue weighted by Crippen LogP contribution is -2.72. The maximum atomic E-state index is 12.4. The van der Waals surface area contributed by atoms with Gasteiger partial charge in [0.25, 0.3) is 0 Å². The molecular formula is C22H27ClN2O3. The van der Waals surface area contributed by atoms with Gasteiger partial charge in [0.15, 0.2) is 0 Å². The Balaban J connectivity index is 1.57. The number of carbonyl (C=O) groups excluding carboxylic acids is 1. The second kappa shape index (κ2) is 5.65. The Kier molecular flexibility index (Phi) is 3.54. The first-order valence-corrected chi connectivity index (χ1v) is 11.1. The number of likely N-dealkylation sites (N-methyl/N-ethyl adjacent to an activating group) is 1. The first-order chi connectivity index (χ1) is 13.5. The van der Waals surface area contributed by atoms with Gasteiger partial charge >= 0.3 is 5.97 Å². The van der Waals surface area contributed by atoms with Crippen molar-refractivity contribution < 1.29 is 14.6 Å². The van der Waals surface area contributed by atoms with E-state index in [0.717, 1.165) is 19.3 Å². The molecule has 5 heterocycles. The molecule has 0 amide bonds. The minimum Gasteiger partial charge on any atom is -0.460 e. The summed E-state index contributed by atoms with van der Waals surface area (Å²) in [4.78, 5) is 17.2. The largest absolute Gasteiger partial charge is 0.460 e. The molecular weight excluding hydrogens is 376 g/mol. The third kappa shape index (κ3) is 1.76. The third-order valence-corrected chi connectivity index (χ3v) is 9.01. The van der Waals surface area contributed by atoms with E-state index in [1.54, 1.807) is 0 Å². The number of alkyl halides is 1. The van der Waals surface area contributed by atoms with E-state index in [-0.39, 0.29) is 53.5 Å². The van der Waals surface area contributed by atoms with E-state index in [1.807, 2.05) is 0 Å². The Hall–Kier alpha value is -1.30. The molecule has 28 heavy (non-hydrogen) atoms.